The molecule has 8 heavy (non-hydrogen) atoms. The highest BCUT2D eigenvalue weighted by atomic mass is 28.2. The van der Waals surface area contributed by atoms with E-state index in [1.54, 1.807) is 0 Å². The van der Waals surface area contributed by atoms with Gasteiger partial charge in [-0.25, -0.2) is 0 Å². The van der Waals surface area contributed by atoms with Crippen molar-refractivity contribution in [3.8, 4) is 0 Å². The molecule has 52 valence electrons. The third kappa shape index (κ3) is 9.49. The van der Waals surface area contributed by atoms with Gasteiger partial charge in [0.15, 0.2) is 0 Å². The maximum atomic E-state index is 2.33. The summed E-state index contributed by atoms with van der Waals surface area (Å²) < 4.78 is 0. The molecule has 0 aliphatic rings. The lowest BCUT2D eigenvalue weighted by Crippen LogP contribution is -1.98. The van der Waals surface area contributed by atoms with Gasteiger partial charge in [0.1, 0.15) is 0 Å². The van der Waals surface area contributed by atoms with Crippen LogP contribution in [0.2, 0.25) is 11.1 Å². The van der Waals surface area contributed by atoms with Gasteiger partial charge in [0.25, 0.3) is 0 Å². The average molecular weight is 134 g/mol. The van der Waals surface area contributed by atoms with Crippen molar-refractivity contribution in [2.45, 2.75) is 38.8 Å². The smallest absolute Gasteiger partial charge is 0.0250 e. The first kappa shape index (κ1) is 11.0. The van der Waals surface area contributed by atoms with E-state index in [0.717, 1.165) is 11.1 Å². The van der Waals surface area contributed by atoms with Gasteiger partial charge in [-0.2, -0.15) is 0 Å². The van der Waals surface area contributed by atoms with Crippen LogP contribution in [0, 0.1) is 0 Å². The topological polar surface area (TPSA) is 31.5 Å². The van der Waals surface area contributed by atoms with Crippen LogP contribution in [0.4, 0.5) is 0 Å². The summed E-state index contributed by atoms with van der Waals surface area (Å²) in [5, 5.41) is 0. The maximum absolute atomic E-state index is 2.33. The molecule has 2 heteroatoms. The van der Waals surface area contributed by atoms with Crippen molar-refractivity contribution in [2.24, 2.45) is 0 Å². The summed E-state index contributed by atoms with van der Waals surface area (Å²) in [6, 6.07) is 0. The number of hydrogen-bond donors (Lipinski definition) is 0. The van der Waals surface area contributed by atoms with Crippen molar-refractivity contribution in [3.63, 3.8) is 0 Å². The predicted molar refractivity (Wildman–Crippen MR) is 42.4 cm³/mol. The van der Waals surface area contributed by atoms with Crippen molar-refractivity contribution in [1.82, 2.24) is 0 Å². The Balaban J connectivity index is 0. The molecular formula is C6H18OSi. The van der Waals surface area contributed by atoms with E-state index in [-0.39, 0.29) is 15.0 Å². The molecule has 0 rings (SSSR count). The normalized spacial score (nSPS) is 9.75. The first-order chi connectivity index (χ1) is 3.13. The fraction of sp³-hybridized carbons (Fsp3) is 1.00. The Bertz CT molecular complexity index is 37.8. The van der Waals surface area contributed by atoms with Gasteiger partial charge in [-0.3, -0.25) is 0 Å². The molecule has 0 aromatic carbocycles. The summed E-state index contributed by atoms with van der Waals surface area (Å²) in [4.78, 5) is 0. The van der Waals surface area contributed by atoms with Gasteiger partial charge in [0.2, 0.25) is 0 Å². The monoisotopic (exact) mass is 134 g/mol. The largest absolute Gasteiger partial charge is 0.412 e. The predicted octanol–water partition coefficient (Wildman–Crippen LogP) is 0.987. The summed E-state index contributed by atoms with van der Waals surface area (Å²) in [6.45, 7) is 9.30. The molecule has 0 unspecified atom stereocenters. The number of hydrogen-bond acceptors (Lipinski definition) is 0. The molecule has 1 nitrogen and oxygen atoms in total. The SMILES string of the molecule is CC(C)[SiH2]C(C)C.O. The fourth-order valence-corrected chi connectivity index (χ4v) is 2.83. The van der Waals surface area contributed by atoms with Crippen LogP contribution < -0.4 is 0 Å². The second kappa shape index (κ2) is 5.32. The van der Waals surface area contributed by atoms with E-state index in [9.17, 15) is 0 Å². The summed E-state index contributed by atoms with van der Waals surface area (Å²) in [6.07, 6.45) is 0. The molecule has 0 radical (unpaired) electrons. The van der Waals surface area contributed by atoms with Crippen LogP contribution in [-0.2, 0) is 0 Å². The fourth-order valence-electron chi connectivity index (χ4n) is 0.943. The van der Waals surface area contributed by atoms with Crippen LogP contribution in [0.3, 0.4) is 0 Å². The Hall–Kier alpha value is 0.177. The van der Waals surface area contributed by atoms with Gasteiger partial charge in [-0.05, 0) is 0 Å². The standard InChI is InChI=1S/C6H16Si.H2O/c1-5(2)7-6(3)4;/h5-6H,7H2,1-4H3;1H2. The quantitative estimate of drug-likeness (QED) is 0.504. The van der Waals surface area contributed by atoms with Crippen molar-refractivity contribution < 1.29 is 5.48 Å². The molecule has 0 amide bonds. The minimum atomic E-state index is 0. The summed E-state index contributed by atoms with van der Waals surface area (Å²) in [7, 11) is 0.281. The minimum Gasteiger partial charge on any atom is -0.412 e. The van der Waals surface area contributed by atoms with Crippen LogP contribution >= 0.6 is 0 Å². The molecule has 0 atom stereocenters. The summed E-state index contributed by atoms with van der Waals surface area (Å²) in [5.41, 5.74) is 2.03. The second-order valence-electron chi connectivity index (χ2n) is 3.02. The Morgan fingerprint density at radius 3 is 1.12 bits per heavy atom. The first-order valence-corrected chi connectivity index (χ1v) is 4.76. The van der Waals surface area contributed by atoms with Gasteiger partial charge < -0.3 is 5.48 Å². The van der Waals surface area contributed by atoms with Gasteiger partial charge >= 0.3 is 0 Å². The highest BCUT2D eigenvalue weighted by molar-refractivity contribution is 6.38. The molecule has 0 bridgehead atoms. The average Bonchev–Trinajstić information content (AvgIpc) is 1.27. The van der Waals surface area contributed by atoms with E-state index in [2.05, 4.69) is 27.7 Å². The van der Waals surface area contributed by atoms with E-state index < -0.39 is 0 Å². The molecule has 0 aliphatic carbocycles. The lowest BCUT2D eigenvalue weighted by atomic mass is 10.5. The van der Waals surface area contributed by atoms with Crippen molar-refractivity contribution in [1.29, 1.82) is 0 Å². The molecule has 0 saturated heterocycles. The van der Waals surface area contributed by atoms with Crippen LogP contribution in [0.1, 0.15) is 27.7 Å². The molecule has 0 aromatic rings. The molecular weight excluding hydrogens is 116 g/mol. The highest BCUT2D eigenvalue weighted by Crippen LogP contribution is 2.07. The zero-order valence-corrected chi connectivity index (χ0v) is 7.78. The Kier molecular flexibility index (Phi) is 7.34. The lowest BCUT2D eigenvalue weighted by Gasteiger charge is -2.04. The van der Waals surface area contributed by atoms with Crippen LogP contribution in [0.25, 0.3) is 0 Å². The molecule has 0 heterocycles. The first-order valence-electron chi connectivity index (χ1n) is 3.13. The molecule has 0 fully saturated rings. The van der Waals surface area contributed by atoms with Gasteiger partial charge in [-0.15, -0.1) is 0 Å². The van der Waals surface area contributed by atoms with Crippen LogP contribution in [-0.4, -0.2) is 15.0 Å². The second-order valence-corrected chi connectivity index (χ2v) is 6.76. The zero-order valence-electron chi connectivity index (χ0n) is 6.36. The zero-order chi connectivity index (χ0) is 5.86. The molecule has 0 saturated carbocycles. The minimum absolute atomic E-state index is 0. The molecule has 2 N–H and O–H groups in total. The molecule has 0 aliphatic heterocycles. The van der Waals surface area contributed by atoms with E-state index in [1.807, 2.05) is 0 Å². The maximum Gasteiger partial charge on any atom is 0.0250 e. The van der Waals surface area contributed by atoms with Gasteiger partial charge in [0, 0.05) is 9.52 Å². The molecule has 0 aromatic heterocycles. The van der Waals surface area contributed by atoms with E-state index in [0.29, 0.717) is 0 Å². The van der Waals surface area contributed by atoms with E-state index in [1.165, 1.54) is 0 Å². The van der Waals surface area contributed by atoms with Crippen LogP contribution in [0.5, 0.6) is 0 Å². The molecule has 0 spiro atoms. The Morgan fingerprint density at radius 2 is 1.12 bits per heavy atom. The summed E-state index contributed by atoms with van der Waals surface area (Å²) in [5.74, 6) is 0. The van der Waals surface area contributed by atoms with Crippen molar-refractivity contribution in [3.05, 3.63) is 0 Å². The lowest BCUT2D eigenvalue weighted by molar-refractivity contribution is 0.824. The third-order valence-corrected chi connectivity index (χ3v) is 2.83. The Morgan fingerprint density at radius 1 is 0.875 bits per heavy atom. The van der Waals surface area contributed by atoms with Crippen molar-refractivity contribution in [2.75, 3.05) is 0 Å². The van der Waals surface area contributed by atoms with Gasteiger partial charge in [-0.1, -0.05) is 38.8 Å². The highest BCUT2D eigenvalue weighted by Gasteiger charge is 1.97. The van der Waals surface area contributed by atoms with Crippen molar-refractivity contribution >= 4 is 9.52 Å². The van der Waals surface area contributed by atoms with Gasteiger partial charge in [0.05, 0.1) is 0 Å². The van der Waals surface area contributed by atoms with Crippen LogP contribution in [0.15, 0.2) is 0 Å². The number of rotatable bonds is 2. The third-order valence-electron chi connectivity index (χ3n) is 0.943. The van der Waals surface area contributed by atoms with E-state index in [4.69, 9.17) is 0 Å². The van der Waals surface area contributed by atoms with E-state index >= 15 is 0 Å². The summed E-state index contributed by atoms with van der Waals surface area (Å²) >= 11 is 0. The Labute approximate surface area is 54.6 Å².